The van der Waals surface area contributed by atoms with Crippen LogP contribution in [0.3, 0.4) is 0 Å². The Morgan fingerprint density at radius 3 is 2.52 bits per heavy atom. The second-order valence-electron chi connectivity index (χ2n) is 6.98. The number of likely N-dealkylation sites (tertiary alicyclic amines) is 1. The SMILES string of the molecule is CCC1CCN(C(CC(C)C)c2ccccc2)C(CN)C1. The molecule has 2 heteroatoms. The third kappa shape index (κ3) is 4.31. The minimum Gasteiger partial charge on any atom is -0.329 e. The van der Waals surface area contributed by atoms with Gasteiger partial charge in [0.25, 0.3) is 0 Å². The van der Waals surface area contributed by atoms with Crippen molar-refractivity contribution in [3.8, 4) is 0 Å². The lowest BCUT2D eigenvalue weighted by Gasteiger charge is -2.44. The van der Waals surface area contributed by atoms with E-state index in [0.717, 1.165) is 12.5 Å². The molecule has 2 N–H and O–H groups in total. The normalized spacial score (nSPS) is 25.2. The summed E-state index contributed by atoms with van der Waals surface area (Å²) >= 11 is 0. The van der Waals surface area contributed by atoms with Gasteiger partial charge >= 0.3 is 0 Å². The molecule has 0 spiro atoms. The van der Waals surface area contributed by atoms with Gasteiger partial charge in [0.05, 0.1) is 0 Å². The molecule has 118 valence electrons. The van der Waals surface area contributed by atoms with E-state index < -0.39 is 0 Å². The molecule has 0 aliphatic carbocycles. The Morgan fingerprint density at radius 1 is 1.24 bits per heavy atom. The highest BCUT2D eigenvalue weighted by atomic mass is 15.2. The first kappa shape index (κ1) is 16.5. The summed E-state index contributed by atoms with van der Waals surface area (Å²) < 4.78 is 0. The third-order valence-electron chi connectivity index (χ3n) is 5.00. The number of nitrogens with two attached hydrogens (primary N) is 1. The van der Waals surface area contributed by atoms with Crippen molar-refractivity contribution in [2.45, 2.75) is 58.5 Å². The Hall–Kier alpha value is -0.860. The largest absolute Gasteiger partial charge is 0.329 e. The molecule has 0 amide bonds. The second kappa shape index (κ2) is 7.95. The smallest absolute Gasteiger partial charge is 0.0354 e. The van der Waals surface area contributed by atoms with Gasteiger partial charge in [0.1, 0.15) is 0 Å². The lowest BCUT2D eigenvalue weighted by molar-refractivity contribution is 0.0599. The Kier molecular flexibility index (Phi) is 6.25. The number of piperidine rings is 1. The van der Waals surface area contributed by atoms with E-state index in [9.17, 15) is 0 Å². The van der Waals surface area contributed by atoms with Crippen molar-refractivity contribution in [3.63, 3.8) is 0 Å². The van der Waals surface area contributed by atoms with Crippen LogP contribution in [0.15, 0.2) is 30.3 Å². The molecule has 0 aromatic heterocycles. The predicted octanol–water partition coefficient (Wildman–Crippen LogP) is 4.22. The van der Waals surface area contributed by atoms with Crippen molar-refractivity contribution in [1.82, 2.24) is 4.90 Å². The average molecular weight is 288 g/mol. The second-order valence-corrected chi connectivity index (χ2v) is 6.98. The first-order valence-corrected chi connectivity index (χ1v) is 8.66. The molecule has 1 aromatic carbocycles. The van der Waals surface area contributed by atoms with Crippen molar-refractivity contribution >= 4 is 0 Å². The van der Waals surface area contributed by atoms with Crippen molar-refractivity contribution in [3.05, 3.63) is 35.9 Å². The van der Waals surface area contributed by atoms with Gasteiger partial charge in [-0.05, 0) is 43.2 Å². The van der Waals surface area contributed by atoms with Gasteiger partial charge in [-0.15, -0.1) is 0 Å². The standard InChI is InChI=1S/C19H32N2/c1-4-16-10-11-21(18(13-16)14-20)19(12-15(2)3)17-8-6-5-7-9-17/h5-9,15-16,18-19H,4,10-14,20H2,1-3H3. The Balaban J connectivity index is 2.19. The van der Waals surface area contributed by atoms with Crippen molar-refractivity contribution in [2.75, 3.05) is 13.1 Å². The van der Waals surface area contributed by atoms with Gasteiger partial charge in [-0.1, -0.05) is 57.5 Å². The zero-order valence-electron chi connectivity index (χ0n) is 14.0. The maximum absolute atomic E-state index is 6.12. The van der Waals surface area contributed by atoms with Crippen LogP contribution in [0.5, 0.6) is 0 Å². The molecule has 1 aliphatic heterocycles. The zero-order chi connectivity index (χ0) is 15.2. The van der Waals surface area contributed by atoms with E-state index in [0.29, 0.717) is 18.0 Å². The molecule has 0 saturated carbocycles. The van der Waals surface area contributed by atoms with Gasteiger partial charge in [0.15, 0.2) is 0 Å². The molecule has 2 rings (SSSR count). The summed E-state index contributed by atoms with van der Waals surface area (Å²) in [4.78, 5) is 2.70. The quantitative estimate of drug-likeness (QED) is 0.849. The maximum Gasteiger partial charge on any atom is 0.0354 e. The fourth-order valence-electron chi connectivity index (χ4n) is 3.75. The van der Waals surface area contributed by atoms with Crippen molar-refractivity contribution in [2.24, 2.45) is 17.6 Å². The van der Waals surface area contributed by atoms with Crippen LogP contribution in [-0.2, 0) is 0 Å². The fourth-order valence-corrected chi connectivity index (χ4v) is 3.75. The Morgan fingerprint density at radius 2 is 1.95 bits per heavy atom. The minimum atomic E-state index is 0.526. The highest BCUT2D eigenvalue weighted by molar-refractivity contribution is 5.19. The van der Waals surface area contributed by atoms with Crippen LogP contribution in [0.1, 0.15) is 58.1 Å². The van der Waals surface area contributed by atoms with Crippen molar-refractivity contribution < 1.29 is 0 Å². The van der Waals surface area contributed by atoms with E-state index in [1.54, 1.807) is 0 Å². The summed E-state index contributed by atoms with van der Waals surface area (Å²) in [7, 11) is 0. The number of benzene rings is 1. The van der Waals surface area contributed by atoms with Crippen LogP contribution >= 0.6 is 0 Å². The van der Waals surface area contributed by atoms with Gasteiger partial charge in [0, 0.05) is 18.6 Å². The zero-order valence-corrected chi connectivity index (χ0v) is 14.0. The Bertz CT molecular complexity index is 401. The topological polar surface area (TPSA) is 29.3 Å². The molecule has 1 heterocycles. The average Bonchev–Trinajstić information content (AvgIpc) is 2.52. The van der Waals surface area contributed by atoms with Crippen LogP contribution < -0.4 is 5.73 Å². The van der Waals surface area contributed by atoms with E-state index in [1.165, 1.54) is 37.8 Å². The van der Waals surface area contributed by atoms with Crippen LogP contribution in [0.4, 0.5) is 0 Å². The molecule has 2 nitrogen and oxygen atoms in total. The van der Waals surface area contributed by atoms with Gasteiger partial charge in [-0.3, -0.25) is 4.90 Å². The first-order valence-electron chi connectivity index (χ1n) is 8.66. The van der Waals surface area contributed by atoms with Crippen LogP contribution in [0, 0.1) is 11.8 Å². The number of nitrogens with zero attached hydrogens (tertiary/aromatic N) is 1. The molecule has 1 fully saturated rings. The van der Waals surface area contributed by atoms with E-state index in [-0.39, 0.29) is 0 Å². The summed E-state index contributed by atoms with van der Waals surface area (Å²) in [5, 5.41) is 0. The summed E-state index contributed by atoms with van der Waals surface area (Å²) in [5.41, 5.74) is 7.57. The minimum absolute atomic E-state index is 0.526. The fraction of sp³-hybridized carbons (Fsp3) is 0.684. The van der Waals surface area contributed by atoms with E-state index in [1.807, 2.05) is 0 Å². The molecule has 1 saturated heterocycles. The van der Waals surface area contributed by atoms with Crippen LogP contribution in [0.2, 0.25) is 0 Å². The first-order chi connectivity index (χ1) is 10.2. The molecule has 21 heavy (non-hydrogen) atoms. The molecule has 1 aliphatic rings. The molecule has 3 unspecified atom stereocenters. The molecule has 0 radical (unpaired) electrons. The van der Waals surface area contributed by atoms with Gasteiger partial charge in [-0.25, -0.2) is 0 Å². The lowest BCUT2D eigenvalue weighted by atomic mass is 9.85. The molecule has 0 bridgehead atoms. The maximum atomic E-state index is 6.12. The summed E-state index contributed by atoms with van der Waals surface area (Å²) in [6.45, 7) is 8.96. The highest BCUT2D eigenvalue weighted by Crippen LogP contribution is 2.35. The summed E-state index contributed by atoms with van der Waals surface area (Å²) in [5.74, 6) is 1.57. The number of hydrogen-bond donors (Lipinski definition) is 1. The summed E-state index contributed by atoms with van der Waals surface area (Å²) in [6.07, 6.45) is 5.12. The number of hydrogen-bond acceptors (Lipinski definition) is 2. The van der Waals surface area contributed by atoms with Gasteiger partial charge < -0.3 is 5.73 Å². The van der Waals surface area contributed by atoms with Crippen LogP contribution in [-0.4, -0.2) is 24.0 Å². The van der Waals surface area contributed by atoms with E-state index >= 15 is 0 Å². The summed E-state index contributed by atoms with van der Waals surface area (Å²) in [6, 6.07) is 12.1. The lowest BCUT2D eigenvalue weighted by Crippen LogP contribution is -2.48. The van der Waals surface area contributed by atoms with Gasteiger partial charge in [-0.2, -0.15) is 0 Å². The van der Waals surface area contributed by atoms with Gasteiger partial charge in [0.2, 0.25) is 0 Å². The molecule has 1 aromatic rings. The monoisotopic (exact) mass is 288 g/mol. The third-order valence-corrected chi connectivity index (χ3v) is 5.00. The highest BCUT2D eigenvalue weighted by Gasteiger charge is 2.32. The van der Waals surface area contributed by atoms with Crippen molar-refractivity contribution in [1.29, 1.82) is 0 Å². The van der Waals surface area contributed by atoms with E-state index in [2.05, 4.69) is 56.0 Å². The predicted molar refractivity (Wildman–Crippen MR) is 91.2 cm³/mol. The van der Waals surface area contributed by atoms with E-state index in [4.69, 9.17) is 5.73 Å². The van der Waals surface area contributed by atoms with Crippen LogP contribution in [0.25, 0.3) is 0 Å². The number of rotatable bonds is 6. The molecular weight excluding hydrogens is 256 g/mol. The Labute approximate surface area is 130 Å². The molecular formula is C19H32N2. The molecule has 3 atom stereocenters.